The molecule has 2 aromatic heterocycles. The van der Waals surface area contributed by atoms with Crippen LogP contribution in [-0.2, 0) is 11.3 Å². The van der Waals surface area contributed by atoms with Crippen LogP contribution in [-0.4, -0.2) is 34.1 Å². The van der Waals surface area contributed by atoms with E-state index in [2.05, 4.69) is 25.3 Å². The van der Waals surface area contributed by atoms with Crippen LogP contribution in [0.25, 0.3) is 11.1 Å². The van der Waals surface area contributed by atoms with E-state index in [4.69, 9.17) is 4.52 Å². The van der Waals surface area contributed by atoms with Crippen molar-refractivity contribution in [1.29, 1.82) is 0 Å². The molecule has 1 atom stereocenters. The number of aryl methyl sites for hydroxylation is 2. The van der Waals surface area contributed by atoms with Crippen molar-refractivity contribution in [3.8, 4) is 0 Å². The smallest absolute Gasteiger partial charge is 0.263 e. The maximum Gasteiger partial charge on any atom is 0.263 e. The van der Waals surface area contributed by atoms with E-state index in [0.29, 0.717) is 24.6 Å². The molecule has 1 saturated heterocycles. The number of carbonyl (C=O) groups is 1. The van der Waals surface area contributed by atoms with Gasteiger partial charge in [0.2, 0.25) is 5.91 Å². The number of halogens is 1. The Balaban J connectivity index is 1.48. The Morgan fingerprint density at radius 3 is 2.86 bits per heavy atom. The van der Waals surface area contributed by atoms with Crippen LogP contribution in [0.5, 0.6) is 0 Å². The Hall–Kier alpha value is -3.03. The van der Waals surface area contributed by atoms with Gasteiger partial charge < -0.3 is 14.7 Å². The second-order valence-corrected chi connectivity index (χ2v) is 7.17. The van der Waals surface area contributed by atoms with Crippen LogP contribution in [0, 0.1) is 25.6 Å². The minimum atomic E-state index is -0.284. The van der Waals surface area contributed by atoms with E-state index in [-0.39, 0.29) is 17.6 Å². The summed E-state index contributed by atoms with van der Waals surface area (Å²) in [7, 11) is 0. The molecule has 1 aliphatic heterocycles. The molecule has 0 spiro atoms. The van der Waals surface area contributed by atoms with Crippen LogP contribution in [0.15, 0.2) is 28.8 Å². The van der Waals surface area contributed by atoms with Crippen LogP contribution in [0.4, 0.5) is 10.2 Å². The zero-order chi connectivity index (χ0) is 19.7. The standard InChI is InChI=1S/C20H22FN5O2/c1-12-17-18(23-13(2)24-20(17)28-25-12)26-9-3-4-15(11-26)19(27)22-10-14-5-7-16(21)8-6-14/h5-8,15H,3-4,9-11H2,1-2H3,(H,22,27)/t15-/m0/s1. The zero-order valence-corrected chi connectivity index (χ0v) is 15.9. The molecule has 28 heavy (non-hydrogen) atoms. The van der Waals surface area contributed by atoms with Crippen molar-refractivity contribution in [2.75, 3.05) is 18.0 Å². The fourth-order valence-electron chi connectivity index (χ4n) is 3.62. The quantitative estimate of drug-likeness (QED) is 0.746. The van der Waals surface area contributed by atoms with Crippen molar-refractivity contribution in [3.05, 3.63) is 47.2 Å². The number of fused-ring (bicyclic) bond motifs is 1. The van der Waals surface area contributed by atoms with E-state index in [1.54, 1.807) is 12.1 Å². The van der Waals surface area contributed by atoms with Crippen molar-refractivity contribution in [1.82, 2.24) is 20.4 Å². The maximum absolute atomic E-state index is 13.0. The molecule has 1 aromatic carbocycles. The summed E-state index contributed by atoms with van der Waals surface area (Å²) in [5, 5.41) is 7.77. The van der Waals surface area contributed by atoms with Crippen LogP contribution in [0.2, 0.25) is 0 Å². The Morgan fingerprint density at radius 1 is 1.29 bits per heavy atom. The molecule has 3 heterocycles. The summed E-state index contributed by atoms with van der Waals surface area (Å²) in [4.78, 5) is 23.7. The first-order valence-corrected chi connectivity index (χ1v) is 9.39. The topological polar surface area (TPSA) is 84.2 Å². The molecule has 0 bridgehead atoms. The van der Waals surface area contributed by atoms with E-state index in [1.807, 2.05) is 13.8 Å². The van der Waals surface area contributed by atoms with Gasteiger partial charge in [-0.1, -0.05) is 17.3 Å². The lowest BCUT2D eigenvalue weighted by Gasteiger charge is -2.33. The summed E-state index contributed by atoms with van der Waals surface area (Å²) in [5.41, 5.74) is 2.09. The Kier molecular flexibility index (Phi) is 4.93. The normalized spacial score (nSPS) is 17.1. The highest BCUT2D eigenvalue weighted by Gasteiger charge is 2.28. The lowest BCUT2D eigenvalue weighted by atomic mass is 9.96. The van der Waals surface area contributed by atoms with Crippen molar-refractivity contribution >= 4 is 22.8 Å². The van der Waals surface area contributed by atoms with Gasteiger partial charge in [-0.3, -0.25) is 4.79 Å². The van der Waals surface area contributed by atoms with Crippen molar-refractivity contribution in [2.24, 2.45) is 5.92 Å². The Bertz CT molecular complexity index is 1000. The van der Waals surface area contributed by atoms with Crippen LogP contribution in [0.3, 0.4) is 0 Å². The van der Waals surface area contributed by atoms with Gasteiger partial charge in [0, 0.05) is 19.6 Å². The summed E-state index contributed by atoms with van der Waals surface area (Å²) >= 11 is 0. The highest BCUT2D eigenvalue weighted by Crippen LogP contribution is 2.30. The largest absolute Gasteiger partial charge is 0.355 e. The molecule has 0 unspecified atom stereocenters. The van der Waals surface area contributed by atoms with Crippen LogP contribution < -0.4 is 10.2 Å². The van der Waals surface area contributed by atoms with Crippen molar-refractivity contribution < 1.29 is 13.7 Å². The lowest BCUT2D eigenvalue weighted by molar-refractivity contribution is -0.125. The second-order valence-electron chi connectivity index (χ2n) is 7.17. The van der Waals surface area contributed by atoms with Gasteiger partial charge in [-0.05, 0) is 44.4 Å². The number of amides is 1. The number of nitrogens with one attached hydrogen (secondary N) is 1. The highest BCUT2D eigenvalue weighted by atomic mass is 19.1. The number of anilines is 1. The summed E-state index contributed by atoms with van der Waals surface area (Å²) in [5.74, 6) is 0.963. The molecule has 1 fully saturated rings. The summed E-state index contributed by atoms with van der Waals surface area (Å²) in [6.45, 7) is 5.46. The molecule has 0 aliphatic carbocycles. The Labute approximate surface area is 161 Å². The van der Waals surface area contributed by atoms with Gasteiger partial charge in [0.25, 0.3) is 5.71 Å². The lowest BCUT2D eigenvalue weighted by Crippen LogP contribution is -2.43. The number of rotatable bonds is 4. The Morgan fingerprint density at radius 2 is 2.07 bits per heavy atom. The summed E-state index contributed by atoms with van der Waals surface area (Å²) in [6, 6.07) is 6.15. The first kappa shape index (κ1) is 18.3. The SMILES string of the molecule is Cc1nc(N2CCC[C@H](C(=O)NCc3ccc(F)cc3)C2)c2c(C)noc2n1. The maximum atomic E-state index is 13.0. The third-order valence-electron chi connectivity index (χ3n) is 5.07. The third-order valence-corrected chi connectivity index (χ3v) is 5.07. The van der Waals surface area contributed by atoms with Gasteiger partial charge in [-0.25, -0.2) is 9.37 Å². The number of piperidine rings is 1. The van der Waals surface area contributed by atoms with Crippen molar-refractivity contribution in [2.45, 2.75) is 33.2 Å². The molecule has 1 aliphatic rings. The summed E-state index contributed by atoms with van der Waals surface area (Å²) < 4.78 is 18.3. The molecule has 0 saturated carbocycles. The number of hydrogen-bond donors (Lipinski definition) is 1. The molecule has 7 nitrogen and oxygen atoms in total. The molecule has 3 aromatic rings. The number of aromatic nitrogens is 3. The number of hydrogen-bond acceptors (Lipinski definition) is 6. The van der Waals surface area contributed by atoms with E-state index in [0.717, 1.165) is 41.8 Å². The monoisotopic (exact) mass is 383 g/mol. The predicted octanol–water partition coefficient (Wildman–Crippen LogP) is 2.91. The average molecular weight is 383 g/mol. The van der Waals surface area contributed by atoms with E-state index < -0.39 is 0 Å². The van der Waals surface area contributed by atoms with Gasteiger partial charge >= 0.3 is 0 Å². The molecular weight excluding hydrogens is 361 g/mol. The molecule has 4 rings (SSSR count). The minimum Gasteiger partial charge on any atom is -0.355 e. The number of carbonyl (C=O) groups excluding carboxylic acids is 1. The summed E-state index contributed by atoms with van der Waals surface area (Å²) in [6.07, 6.45) is 1.71. The van der Waals surface area contributed by atoms with Gasteiger partial charge in [-0.15, -0.1) is 0 Å². The fraction of sp³-hybridized carbons (Fsp3) is 0.400. The minimum absolute atomic E-state index is 0.00177. The molecular formula is C20H22FN5O2. The third kappa shape index (κ3) is 3.67. The predicted molar refractivity (Wildman–Crippen MR) is 102 cm³/mol. The first-order valence-electron chi connectivity index (χ1n) is 9.39. The molecule has 1 N–H and O–H groups in total. The molecule has 146 valence electrons. The average Bonchev–Trinajstić information content (AvgIpc) is 3.07. The number of nitrogens with zero attached hydrogens (tertiary/aromatic N) is 4. The second kappa shape index (κ2) is 7.53. The van der Waals surface area contributed by atoms with Gasteiger partial charge in [0.1, 0.15) is 22.8 Å². The molecule has 1 amide bonds. The van der Waals surface area contributed by atoms with Gasteiger partial charge in [-0.2, -0.15) is 4.98 Å². The number of benzene rings is 1. The van der Waals surface area contributed by atoms with E-state index in [1.165, 1.54) is 12.1 Å². The highest BCUT2D eigenvalue weighted by molar-refractivity contribution is 5.88. The van der Waals surface area contributed by atoms with E-state index >= 15 is 0 Å². The van der Waals surface area contributed by atoms with Crippen molar-refractivity contribution in [3.63, 3.8) is 0 Å². The van der Waals surface area contributed by atoms with Gasteiger partial charge in [0.15, 0.2) is 0 Å². The van der Waals surface area contributed by atoms with Gasteiger partial charge in [0.05, 0.1) is 11.6 Å². The first-order chi connectivity index (χ1) is 13.5. The van der Waals surface area contributed by atoms with E-state index in [9.17, 15) is 9.18 Å². The van der Waals surface area contributed by atoms with Crippen LogP contribution >= 0.6 is 0 Å². The fourth-order valence-corrected chi connectivity index (χ4v) is 3.62. The zero-order valence-electron chi connectivity index (χ0n) is 15.9. The van der Waals surface area contributed by atoms with Crippen LogP contribution in [0.1, 0.15) is 29.9 Å². The molecule has 8 heteroatoms. The molecule has 0 radical (unpaired) electrons.